The van der Waals surface area contributed by atoms with Gasteiger partial charge in [0, 0.05) is 30.1 Å². The number of carbonyl (C=O) groups excluding carboxylic acids is 1. The van der Waals surface area contributed by atoms with E-state index in [9.17, 15) is 18.0 Å². The van der Waals surface area contributed by atoms with Crippen LogP contribution in [0.1, 0.15) is 62.0 Å². The number of halogens is 4. The Morgan fingerprint density at radius 3 is 2.51 bits per heavy atom. The van der Waals surface area contributed by atoms with Crippen LogP contribution in [0.25, 0.3) is 22.8 Å². The average Bonchev–Trinajstić information content (AvgIpc) is 3.55. The van der Waals surface area contributed by atoms with Crippen molar-refractivity contribution in [3.63, 3.8) is 0 Å². The lowest BCUT2D eigenvalue weighted by Crippen LogP contribution is -2.37. The van der Waals surface area contributed by atoms with Gasteiger partial charge in [0.15, 0.2) is 11.5 Å². The molecule has 43 heavy (non-hydrogen) atoms. The number of aromatic nitrogens is 7. The van der Waals surface area contributed by atoms with E-state index >= 15 is 4.39 Å². The van der Waals surface area contributed by atoms with Crippen molar-refractivity contribution in [2.24, 2.45) is 0 Å². The summed E-state index contributed by atoms with van der Waals surface area (Å²) < 4.78 is 69.8. The first kappa shape index (κ1) is 28.6. The molecule has 0 bridgehead atoms. The molecule has 3 aromatic heterocycles. The molecule has 1 aliphatic carbocycles. The predicted octanol–water partition coefficient (Wildman–Crippen LogP) is 5.17. The number of hydrogen-bond acceptors (Lipinski definition) is 8. The van der Waals surface area contributed by atoms with Crippen molar-refractivity contribution in [2.45, 2.75) is 64.3 Å². The highest BCUT2D eigenvalue weighted by Gasteiger charge is 2.37. The van der Waals surface area contributed by atoms with Crippen LogP contribution in [0.15, 0.2) is 24.7 Å². The zero-order valence-corrected chi connectivity index (χ0v) is 23.8. The van der Waals surface area contributed by atoms with E-state index in [4.69, 9.17) is 9.47 Å². The summed E-state index contributed by atoms with van der Waals surface area (Å²) in [4.78, 5) is 31.6. The summed E-state index contributed by atoms with van der Waals surface area (Å²) in [5.74, 6) is 0.0282. The van der Waals surface area contributed by atoms with E-state index in [-0.39, 0.29) is 60.0 Å². The number of ether oxygens (including phenoxy) is 2. The fourth-order valence-electron chi connectivity index (χ4n) is 5.18. The third-order valence-electron chi connectivity index (χ3n) is 7.47. The minimum Gasteiger partial charge on any atom is -0.496 e. The third-order valence-corrected chi connectivity index (χ3v) is 7.47. The van der Waals surface area contributed by atoms with Gasteiger partial charge in [0.25, 0.3) is 0 Å². The van der Waals surface area contributed by atoms with E-state index in [1.165, 1.54) is 36.1 Å². The Kier molecular flexibility index (Phi) is 7.05. The summed E-state index contributed by atoms with van der Waals surface area (Å²) in [6.07, 6.45) is -0.331. The number of benzene rings is 1. The van der Waals surface area contributed by atoms with Gasteiger partial charge in [-0.2, -0.15) is 18.2 Å². The third kappa shape index (κ3) is 5.16. The Labute approximate surface area is 243 Å². The molecular weight excluding hydrogens is 572 g/mol. The van der Waals surface area contributed by atoms with Gasteiger partial charge in [-0.25, -0.2) is 24.0 Å². The molecule has 0 radical (unpaired) electrons. The van der Waals surface area contributed by atoms with Crippen LogP contribution in [0, 0.1) is 5.82 Å². The zero-order valence-electron chi connectivity index (χ0n) is 23.8. The molecule has 0 atom stereocenters. The second-order valence-corrected chi connectivity index (χ2v) is 10.7. The monoisotopic (exact) mass is 600 g/mol. The summed E-state index contributed by atoms with van der Waals surface area (Å²) in [6, 6.07) is 2.01. The minimum atomic E-state index is -4.70. The summed E-state index contributed by atoms with van der Waals surface area (Å²) >= 11 is 0. The van der Waals surface area contributed by atoms with E-state index in [0.717, 1.165) is 30.8 Å². The molecule has 0 spiro atoms. The van der Waals surface area contributed by atoms with E-state index in [0.29, 0.717) is 17.3 Å². The highest BCUT2D eigenvalue weighted by atomic mass is 19.4. The topological polar surface area (TPSA) is 113 Å². The second-order valence-electron chi connectivity index (χ2n) is 10.7. The number of carbonyl (C=O) groups is 1. The van der Waals surface area contributed by atoms with Crippen LogP contribution in [0.3, 0.4) is 0 Å². The summed E-state index contributed by atoms with van der Waals surface area (Å²) in [7, 11) is 2.85. The summed E-state index contributed by atoms with van der Waals surface area (Å²) in [5.41, 5.74) is 0.337. The van der Waals surface area contributed by atoms with Gasteiger partial charge >= 0.3 is 6.18 Å². The second kappa shape index (κ2) is 10.6. The number of amides is 1. The molecule has 0 unspecified atom stereocenters. The number of aryl methyl sites for hydroxylation is 1. The number of imidazole rings is 1. The summed E-state index contributed by atoms with van der Waals surface area (Å²) in [5, 5.41) is 4.63. The lowest BCUT2D eigenvalue weighted by atomic mass is 10.1. The molecule has 0 N–H and O–H groups in total. The van der Waals surface area contributed by atoms with Crippen LogP contribution in [0.4, 0.5) is 23.5 Å². The number of nitrogens with zero attached hydrogens (tertiary/aromatic N) is 8. The normalized spacial score (nSPS) is 15.3. The highest BCUT2D eigenvalue weighted by Crippen LogP contribution is 2.45. The maximum Gasteiger partial charge on any atom is 0.434 e. The Hall–Kier alpha value is -4.56. The fraction of sp³-hybridized carbons (Fsp3) is 0.429. The first-order valence-electron chi connectivity index (χ1n) is 13.7. The van der Waals surface area contributed by atoms with Gasteiger partial charge in [-0.05, 0) is 38.8 Å². The van der Waals surface area contributed by atoms with Gasteiger partial charge in [-0.3, -0.25) is 9.69 Å². The number of rotatable bonds is 8. The summed E-state index contributed by atoms with van der Waals surface area (Å²) in [6.45, 7) is 3.51. The first-order valence-corrected chi connectivity index (χ1v) is 13.7. The Morgan fingerprint density at radius 2 is 1.86 bits per heavy atom. The smallest absolute Gasteiger partial charge is 0.434 e. The quantitative estimate of drug-likeness (QED) is 0.255. The number of anilines is 1. The van der Waals surface area contributed by atoms with Crippen LogP contribution < -0.4 is 14.4 Å². The molecular formula is C28H28F4N8O3. The van der Waals surface area contributed by atoms with Crippen molar-refractivity contribution in [1.82, 2.24) is 34.3 Å². The SMILES string of the molecule is COc1cc(-c2nc(C(F)(F)F)cn2C(C)C)c(F)cc1CN1C(=O)CCn2nc(-c3c(OC)ncnc3C3CC3)nc21. The standard InChI is InChI=1S/C28H28F4N8O3/c1-14(2)38-12-20(28(30,31)32)35-25(38)17-10-19(42-3)16(9-18(17)29)11-39-21(41)7-8-40-27(39)36-24(37-40)22-23(15-5-6-15)33-13-34-26(22)43-4/h9-10,12-15H,5-8,11H2,1-4H3. The number of alkyl halides is 3. The van der Waals surface area contributed by atoms with E-state index in [1.54, 1.807) is 18.5 Å². The van der Waals surface area contributed by atoms with Gasteiger partial charge in [0.2, 0.25) is 17.7 Å². The van der Waals surface area contributed by atoms with Crippen molar-refractivity contribution in [1.29, 1.82) is 0 Å². The number of fused-ring (bicyclic) bond motifs is 1. The molecule has 1 saturated carbocycles. The Bertz CT molecular complexity index is 1710. The van der Waals surface area contributed by atoms with Crippen LogP contribution >= 0.6 is 0 Å². The molecule has 4 aromatic rings. The van der Waals surface area contributed by atoms with Gasteiger partial charge < -0.3 is 14.0 Å². The van der Waals surface area contributed by atoms with Crippen molar-refractivity contribution in [2.75, 3.05) is 19.1 Å². The average molecular weight is 601 g/mol. The van der Waals surface area contributed by atoms with E-state index in [1.807, 2.05) is 0 Å². The van der Waals surface area contributed by atoms with Crippen LogP contribution in [0.5, 0.6) is 11.6 Å². The van der Waals surface area contributed by atoms with Crippen molar-refractivity contribution >= 4 is 11.9 Å². The number of hydrogen-bond donors (Lipinski definition) is 0. The van der Waals surface area contributed by atoms with Crippen LogP contribution in [0.2, 0.25) is 0 Å². The molecule has 0 saturated heterocycles. The lowest BCUT2D eigenvalue weighted by molar-refractivity contribution is -0.141. The van der Waals surface area contributed by atoms with E-state index in [2.05, 4.69) is 25.0 Å². The van der Waals surface area contributed by atoms with Crippen molar-refractivity contribution in [3.05, 3.63) is 47.4 Å². The predicted molar refractivity (Wildman–Crippen MR) is 145 cm³/mol. The Morgan fingerprint density at radius 1 is 1.09 bits per heavy atom. The van der Waals surface area contributed by atoms with Crippen LogP contribution in [-0.4, -0.2) is 54.4 Å². The molecule has 1 aromatic carbocycles. The van der Waals surface area contributed by atoms with Gasteiger partial charge in [0.1, 0.15) is 29.3 Å². The first-order chi connectivity index (χ1) is 20.5. The Balaban J connectivity index is 1.38. The molecule has 1 fully saturated rings. The molecule has 1 aliphatic heterocycles. The van der Waals surface area contributed by atoms with Gasteiger partial charge in [-0.1, -0.05) is 0 Å². The largest absolute Gasteiger partial charge is 0.496 e. The molecule has 1 amide bonds. The number of methoxy groups -OCH3 is 2. The van der Waals surface area contributed by atoms with Gasteiger partial charge in [0.05, 0.1) is 38.6 Å². The maximum atomic E-state index is 15.6. The maximum absolute atomic E-state index is 15.6. The minimum absolute atomic E-state index is 0.123. The van der Waals surface area contributed by atoms with Gasteiger partial charge in [-0.15, -0.1) is 5.10 Å². The molecule has 226 valence electrons. The zero-order chi connectivity index (χ0) is 30.6. The lowest BCUT2D eigenvalue weighted by Gasteiger charge is -2.26. The fourth-order valence-corrected chi connectivity index (χ4v) is 5.18. The van der Waals surface area contributed by atoms with Crippen molar-refractivity contribution in [3.8, 4) is 34.4 Å². The molecule has 6 rings (SSSR count). The van der Waals surface area contributed by atoms with Crippen molar-refractivity contribution < 1.29 is 31.8 Å². The molecule has 15 heteroatoms. The molecule has 4 heterocycles. The highest BCUT2D eigenvalue weighted by molar-refractivity contribution is 5.93. The molecule has 11 nitrogen and oxygen atoms in total. The molecule has 2 aliphatic rings. The van der Waals surface area contributed by atoms with E-state index < -0.39 is 23.7 Å². The van der Waals surface area contributed by atoms with Crippen LogP contribution in [-0.2, 0) is 24.1 Å².